The van der Waals surface area contributed by atoms with Crippen molar-refractivity contribution < 1.29 is 19.4 Å². The SMILES string of the molecule is CC(=O)OC(C)(C)[C@@H]1CC=C(C)/C(=N\Nc2ccc([N+](=O)[O-])cc2[N+](=O)[O-])C1. The van der Waals surface area contributed by atoms with Crippen molar-refractivity contribution in [2.24, 2.45) is 11.0 Å². The van der Waals surface area contributed by atoms with Crippen LogP contribution in [-0.4, -0.2) is 27.1 Å². The minimum Gasteiger partial charge on any atom is -0.460 e. The maximum Gasteiger partial charge on any atom is 0.303 e. The van der Waals surface area contributed by atoms with Crippen molar-refractivity contribution in [3.05, 3.63) is 50.1 Å². The van der Waals surface area contributed by atoms with Crippen LogP contribution in [0.25, 0.3) is 0 Å². The van der Waals surface area contributed by atoms with Crippen LogP contribution in [-0.2, 0) is 9.53 Å². The first-order valence-corrected chi connectivity index (χ1v) is 8.63. The number of esters is 1. The number of hydrazone groups is 1. The quantitative estimate of drug-likeness (QED) is 0.441. The number of nitrogens with zero attached hydrogens (tertiary/aromatic N) is 3. The molecule has 0 unspecified atom stereocenters. The van der Waals surface area contributed by atoms with E-state index in [1.54, 1.807) is 0 Å². The van der Waals surface area contributed by atoms with Gasteiger partial charge in [0.15, 0.2) is 0 Å². The summed E-state index contributed by atoms with van der Waals surface area (Å²) in [5.74, 6) is -0.373. The summed E-state index contributed by atoms with van der Waals surface area (Å²) < 4.78 is 5.41. The topological polar surface area (TPSA) is 137 Å². The van der Waals surface area contributed by atoms with Crippen LogP contribution in [0.15, 0.2) is 34.9 Å². The Balaban J connectivity index is 2.27. The van der Waals surface area contributed by atoms with E-state index in [-0.39, 0.29) is 23.3 Å². The molecule has 1 aliphatic carbocycles. The number of rotatable bonds is 6. The summed E-state index contributed by atoms with van der Waals surface area (Å²) in [6, 6.07) is 3.31. The van der Waals surface area contributed by atoms with Crippen LogP contribution >= 0.6 is 0 Å². The fourth-order valence-electron chi connectivity index (χ4n) is 3.04. The Hall–Kier alpha value is -3.30. The van der Waals surface area contributed by atoms with Crippen LogP contribution < -0.4 is 5.43 Å². The molecule has 1 atom stereocenters. The minimum atomic E-state index is -0.703. The molecule has 0 spiro atoms. The Bertz CT molecular complexity index is 875. The molecule has 0 radical (unpaired) electrons. The Kier molecular flexibility index (Phi) is 6.12. The van der Waals surface area contributed by atoms with Gasteiger partial charge in [0.1, 0.15) is 11.3 Å². The smallest absolute Gasteiger partial charge is 0.303 e. The molecule has 0 saturated carbocycles. The fraction of sp³-hybridized carbons (Fsp3) is 0.444. The highest BCUT2D eigenvalue weighted by molar-refractivity contribution is 6.01. The maximum absolute atomic E-state index is 11.3. The van der Waals surface area contributed by atoms with Gasteiger partial charge in [0.2, 0.25) is 0 Å². The molecule has 1 aliphatic rings. The van der Waals surface area contributed by atoms with Gasteiger partial charge in [-0.2, -0.15) is 5.10 Å². The van der Waals surface area contributed by atoms with Crippen molar-refractivity contribution in [3.63, 3.8) is 0 Å². The van der Waals surface area contributed by atoms with Crippen molar-refractivity contribution in [3.8, 4) is 0 Å². The van der Waals surface area contributed by atoms with E-state index in [2.05, 4.69) is 10.5 Å². The van der Waals surface area contributed by atoms with Crippen molar-refractivity contribution in [2.75, 3.05) is 5.43 Å². The number of hydrogen-bond donors (Lipinski definition) is 1. The second-order valence-electron chi connectivity index (χ2n) is 7.11. The van der Waals surface area contributed by atoms with E-state index >= 15 is 0 Å². The molecule has 0 aromatic heterocycles. The first-order chi connectivity index (χ1) is 13.0. The lowest BCUT2D eigenvalue weighted by Crippen LogP contribution is -2.38. The predicted molar refractivity (Wildman–Crippen MR) is 103 cm³/mol. The molecule has 150 valence electrons. The highest BCUT2D eigenvalue weighted by atomic mass is 16.6. The summed E-state index contributed by atoms with van der Waals surface area (Å²) in [5, 5.41) is 26.3. The van der Waals surface area contributed by atoms with Crippen LogP contribution in [0, 0.1) is 26.1 Å². The van der Waals surface area contributed by atoms with Crippen LogP contribution in [0.4, 0.5) is 17.1 Å². The number of nitrogens with one attached hydrogen (secondary N) is 1. The van der Waals surface area contributed by atoms with E-state index in [9.17, 15) is 25.0 Å². The summed E-state index contributed by atoms with van der Waals surface area (Å²) in [6.07, 6.45) is 3.20. The van der Waals surface area contributed by atoms with Crippen molar-refractivity contribution in [2.45, 2.75) is 46.1 Å². The monoisotopic (exact) mass is 390 g/mol. The standard InChI is InChI=1S/C18H22N4O6/c1-11-5-6-13(18(3,4)28-12(2)23)9-16(11)20-19-15-8-7-14(21(24)25)10-17(15)22(26)27/h5,7-8,10,13,19H,6,9H2,1-4H3/b20-16-/t13-/m1/s1. The third kappa shape index (κ3) is 4.90. The van der Waals surface area contributed by atoms with Crippen LogP contribution in [0.5, 0.6) is 0 Å². The molecule has 0 heterocycles. The van der Waals surface area contributed by atoms with Crippen molar-refractivity contribution in [1.82, 2.24) is 0 Å². The van der Waals surface area contributed by atoms with Gasteiger partial charge in [-0.25, -0.2) is 0 Å². The van der Waals surface area contributed by atoms with E-state index in [1.165, 1.54) is 19.1 Å². The average molecular weight is 390 g/mol. The van der Waals surface area contributed by atoms with Gasteiger partial charge in [0.05, 0.1) is 21.6 Å². The number of non-ortho nitro benzene ring substituents is 1. The molecular formula is C18H22N4O6. The molecular weight excluding hydrogens is 368 g/mol. The van der Waals surface area contributed by atoms with E-state index in [1.807, 2.05) is 26.8 Å². The summed E-state index contributed by atoms with van der Waals surface area (Å²) in [7, 11) is 0. The van der Waals surface area contributed by atoms with Crippen LogP contribution in [0.1, 0.15) is 40.5 Å². The van der Waals surface area contributed by atoms with Gasteiger partial charge in [0, 0.05) is 18.9 Å². The van der Waals surface area contributed by atoms with Gasteiger partial charge >= 0.3 is 11.7 Å². The van der Waals surface area contributed by atoms with Gasteiger partial charge in [-0.3, -0.25) is 30.4 Å². The highest BCUT2D eigenvalue weighted by Gasteiger charge is 2.35. The number of carbonyl (C=O) groups excluding carboxylic acids is 1. The van der Waals surface area contributed by atoms with Crippen LogP contribution in [0.3, 0.4) is 0 Å². The van der Waals surface area contributed by atoms with Crippen molar-refractivity contribution >= 4 is 28.7 Å². The molecule has 0 saturated heterocycles. The summed E-state index contributed by atoms with van der Waals surface area (Å²) in [4.78, 5) is 32.0. The van der Waals surface area contributed by atoms with E-state index < -0.39 is 21.1 Å². The molecule has 0 bridgehead atoms. The molecule has 1 aromatic carbocycles. The van der Waals surface area contributed by atoms with Gasteiger partial charge in [-0.15, -0.1) is 0 Å². The second kappa shape index (κ2) is 8.15. The number of nitro benzene ring substituents is 2. The number of hydrogen-bond acceptors (Lipinski definition) is 8. The number of allylic oxidation sites excluding steroid dienone is 2. The van der Waals surface area contributed by atoms with E-state index in [0.29, 0.717) is 18.6 Å². The average Bonchev–Trinajstić information content (AvgIpc) is 2.59. The number of anilines is 1. The molecule has 10 heteroatoms. The largest absolute Gasteiger partial charge is 0.460 e. The number of ether oxygens (including phenoxy) is 1. The van der Waals surface area contributed by atoms with Gasteiger partial charge in [0.25, 0.3) is 5.69 Å². The first-order valence-electron chi connectivity index (χ1n) is 8.63. The number of benzene rings is 1. The van der Waals surface area contributed by atoms with Gasteiger partial charge in [-0.1, -0.05) is 6.08 Å². The Morgan fingerprint density at radius 3 is 2.54 bits per heavy atom. The normalized spacial score (nSPS) is 18.4. The molecule has 2 rings (SSSR count). The number of nitro groups is 2. The fourth-order valence-corrected chi connectivity index (χ4v) is 3.04. The van der Waals surface area contributed by atoms with Gasteiger partial charge in [-0.05, 0) is 45.3 Å². The molecule has 0 aliphatic heterocycles. The molecule has 0 fully saturated rings. The summed E-state index contributed by atoms with van der Waals surface area (Å²) in [6.45, 7) is 6.90. The van der Waals surface area contributed by atoms with Crippen LogP contribution in [0.2, 0.25) is 0 Å². The van der Waals surface area contributed by atoms with E-state index in [4.69, 9.17) is 4.74 Å². The Morgan fingerprint density at radius 1 is 1.29 bits per heavy atom. The highest BCUT2D eigenvalue weighted by Crippen LogP contribution is 2.34. The van der Waals surface area contributed by atoms with Crippen molar-refractivity contribution in [1.29, 1.82) is 0 Å². The Morgan fingerprint density at radius 2 is 1.96 bits per heavy atom. The van der Waals surface area contributed by atoms with E-state index in [0.717, 1.165) is 11.6 Å². The molecule has 10 nitrogen and oxygen atoms in total. The summed E-state index contributed by atoms with van der Waals surface area (Å²) >= 11 is 0. The first kappa shape index (κ1) is 21.0. The zero-order chi connectivity index (χ0) is 21.1. The summed E-state index contributed by atoms with van der Waals surface area (Å²) in [5.41, 5.74) is 2.78. The third-order valence-electron chi connectivity index (χ3n) is 4.69. The molecule has 28 heavy (non-hydrogen) atoms. The molecule has 0 amide bonds. The lowest BCUT2D eigenvalue weighted by atomic mass is 9.78. The lowest BCUT2D eigenvalue weighted by molar-refractivity contribution is -0.393. The zero-order valence-electron chi connectivity index (χ0n) is 16.1. The Labute approximate surface area is 161 Å². The maximum atomic E-state index is 11.3. The zero-order valence-corrected chi connectivity index (χ0v) is 16.1. The van der Waals surface area contributed by atoms with Gasteiger partial charge < -0.3 is 4.74 Å². The lowest BCUT2D eigenvalue weighted by Gasteiger charge is -2.35. The molecule has 1 aromatic rings. The second-order valence-corrected chi connectivity index (χ2v) is 7.11. The predicted octanol–water partition coefficient (Wildman–Crippen LogP) is 3.97. The molecule has 1 N–H and O–H groups in total. The number of carbonyl (C=O) groups is 1. The minimum absolute atomic E-state index is 0.00695. The third-order valence-corrected chi connectivity index (χ3v) is 4.69.